The summed E-state index contributed by atoms with van der Waals surface area (Å²) < 4.78 is 0. The number of aryl methyl sites for hydroxylation is 2. The van der Waals surface area contributed by atoms with Gasteiger partial charge in [0.2, 0.25) is 0 Å². The molecule has 2 N–H and O–H groups in total. The molecule has 0 aromatic carbocycles. The number of hydrogen-bond donors (Lipinski definition) is 2. The Morgan fingerprint density at radius 1 is 1.17 bits per heavy atom. The van der Waals surface area contributed by atoms with Crippen LogP contribution in [-0.2, 0) is 6.54 Å². The highest BCUT2D eigenvalue weighted by Gasteiger charge is 2.12. The van der Waals surface area contributed by atoms with E-state index in [2.05, 4.69) is 62.1 Å². The summed E-state index contributed by atoms with van der Waals surface area (Å²) in [7, 11) is 0. The van der Waals surface area contributed by atoms with Crippen molar-refractivity contribution in [1.82, 2.24) is 20.5 Å². The fraction of sp³-hybridized carbons (Fsp3) is 0.765. The first-order chi connectivity index (χ1) is 10.8. The van der Waals surface area contributed by atoms with Crippen LogP contribution >= 0.6 is 35.3 Å². The molecule has 0 saturated carbocycles. The summed E-state index contributed by atoms with van der Waals surface area (Å²) in [5.74, 6) is 0.880. The van der Waals surface area contributed by atoms with E-state index < -0.39 is 0 Å². The van der Waals surface area contributed by atoms with E-state index in [9.17, 15) is 0 Å². The highest BCUT2D eigenvalue weighted by atomic mass is 127. The SMILES string of the molecule is CCNC(=NCc1sc(C)nc1C)NCCN(C(C)C)C(C)C.I. The van der Waals surface area contributed by atoms with Crippen molar-refractivity contribution in [3.8, 4) is 0 Å². The average molecular weight is 467 g/mol. The molecule has 0 radical (unpaired) electrons. The highest BCUT2D eigenvalue weighted by Crippen LogP contribution is 2.17. The van der Waals surface area contributed by atoms with Crippen LogP contribution < -0.4 is 10.6 Å². The van der Waals surface area contributed by atoms with Crippen molar-refractivity contribution < 1.29 is 0 Å². The molecule has 0 aliphatic heterocycles. The summed E-state index contributed by atoms with van der Waals surface area (Å²) >= 11 is 1.73. The van der Waals surface area contributed by atoms with Gasteiger partial charge in [0.1, 0.15) is 0 Å². The van der Waals surface area contributed by atoms with Crippen molar-refractivity contribution >= 4 is 41.3 Å². The van der Waals surface area contributed by atoms with Crippen molar-refractivity contribution in [1.29, 1.82) is 0 Å². The monoisotopic (exact) mass is 467 g/mol. The second-order valence-electron chi connectivity index (χ2n) is 6.29. The third-order valence-corrected chi connectivity index (χ3v) is 4.77. The van der Waals surface area contributed by atoms with Crippen molar-refractivity contribution in [2.24, 2.45) is 4.99 Å². The van der Waals surface area contributed by atoms with Gasteiger partial charge in [-0.3, -0.25) is 4.90 Å². The first-order valence-electron chi connectivity index (χ1n) is 8.56. The average Bonchev–Trinajstić information content (AvgIpc) is 2.77. The molecule has 0 unspecified atom stereocenters. The topological polar surface area (TPSA) is 52.6 Å². The second-order valence-corrected chi connectivity index (χ2v) is 7.58. The van der Waals surface area contributed by atoms with Crippen LogP contribution in [0.5, 0.6) is 0 Å². The van der Waals surface area contributed by atoms with E-state index >= 15 is 0 Å². The van der Waals surface area contributed by atoms with Gasteiger partial charge in [-0.05, 0) is 48.5 Å². The summed E-state index contributed by atoms with van der Waals surface area (Å²) in [6.07, 6.45) is 0. The molecule has 1 rings (SSSR count). The Bertz CT molecular complexity index is 491. The molecule has 0 atom stereocenters. The molecule has 0 aliphatic carbocycles. The van der Waals surface area contributed by atoms with Crippen LogP contribution in [0, 0.1) is 13.8 Å². The molecule has 0 amide bonds. The summed E-state index contributed by atoms with van der Waals surface area (Å²) in [4.78, 5) is 12.9. The molecular weight excluding hydrogens is 433 g/mol. The lowest BCUT2D eigenvalue weighted by Crippen LogP contribution is -2.45. The van der Waals surface area contributed by atoms with Gasteiger partial charge in [-0.2, -0.15) is 0 Å². The molecule has 0 saturated heterocycles. The Hall–Kier alpha value is -0.410. The molecule has 1 aromatic heterocycles. The predicted molar refractivity (Wildman–Crippen MR) is 117 cm³/mol. The molecule has 24 heavy (non-hydrogen) atoms. The third-order valence-electron chi connectivity index (χ3n) is 3.71. The quantitative estimate of drug-likeness (QED) is 0.349. The number of aliphatic imine (C=N–C) groups is 1. The Balaban J connectivity index is 0.00000529. The normalized spacial score (nSPS) is 12.0. The van der Waals surface area contributed by atoms with Gasteiger partial charge in [-0.15, -0.1) is 35.3 Å². The van der Waals surface area contributed by atoms with Crippen molar-refractivity contribution in [2.75, 3.05) is 19.6 Å². The van der Waals surface area contributed by atoms with Crippen molar-refractivity contribution in [3.05, 3.63) is 15.6 Å². The molecule has 1 aromatic rings. The van der Waals surface area contributed by atoms with Crippen molar-refractivity contribution in [2.45, 2.75) is 67.1 Å². The molecule has 0 fully saturated rings. The largest absolute Gasteiger partial charge is 0.357 e. The molecule has 1 heterocycles. The van der Waals surface area contributed by atoms with Crippen LogP contribution in [0.4, 0.5) is 0 Å². The standard InChI is InChI=1S/C17H33N5S.HI/c1-8-18-17(19-9-10-22(12(2)3)13(4)5)20-11-16-14(6)21-15(7)23-16;/h12-13H,8-11H2,1-7H3,(H2,18,19,20);1H. The zero-order chi connectivity index (χ0) is 17.4. The van der Waals surface area contributed by atoms with Crippen LogP contribution in [-0.4, -0.2) is 47.6 Å². The minimum Gasteiger partial charge on any atom is -0.357 e. The lowest BCUT2D eigenvalue weighted by Gasteiger charge is -2.30. The van der Waals surface area contributed by atoms with Gasteiger partial charge < -0.3 is 10.6 Å². The van der Waals surface area contributed by atoms with Crippen LogP contribution in [0.3, 0.4) is 0 Å². The van der Waals surface area contributed by atoms with E-state index in [4.69, 9.17) is 4.99 Å². The fourth-order valence-corrected chi connectivity index (χ4v) is 3.49. The van der Waals surface area contributed by atoms with Gasteiger partial charge in [0.25, 0.3) is 0 Å². The maximum atomic E-state index is 4.69. The van der Waals surface area contributed by atoms with E-state index in [1.807, 2.05) is 6.92 Å². The maximum Gasteiger partial charge on any atom is 0.191 e. The van der Waals surface area contributed by atoms with Crippen LogP contribution in [0.2, 0.25) is 0 Å². The first kappa shape index (κ1) is 23.6. The van der Waals surface area contributed by atoms with E-state index in [0.717, 1.165) is 36.3 Å². The maximum absolute atomic E-state index is 4.69. The van der Waals surface area contributed by atoms with Gasteiger partial charge in [0.05, 0.1) is 17.2 Å². The zero-order valence-electron chi connectivity index (χ0n) is 16.1. The smallest absolute Gasteiger partial charge is 0.191 e. The summed E-state index contributed by atoms with van der Waals surface area (Å²) in [5.41, 5.74) is 1.10. The number of guanidine groups is 1. The number of thiazole rings is 1. The van der Waals surface area contributed by atoms with Crippen LogP contribution in [0.25, 0.3) is 0 Å². The molecule has 7 heteroatoms. The summed E-state index contributed by atoms with van der Waals surface area (Å²) in [5, 5.41) is 7.86. The van der Waals surface area contributed by atoms with Gasteiger partial charge in [-0.1, -0.05) is 0 Å². The number of aromatic nitrogens is 1. The zero-order valence-corrected chi connectivity index (χ0v) is 19.3. The van der Waals surface area contributed by atoms with Gasteiger partial charge in [0.15, 0.2) is 5.96 Å². The first-order valence-corrected chi connectivity index (χ1v) is 9.37. The second kappa shape index (κ2) is 12.0. The molecular formula is C17H34IN5S. The third kappa shape index (κ3) is 8.11. The minimum atomic E-state index is 0. The molecule has 0 aliphatic rings. The van der Waals surface area contributed by atoms with E-state index in [1.54, 1.807) is 11.3 Å². The molecule has 0 bridgehead atoms. The molecule has 140 valence electrons. The number of halogens is 1. The van der Waals surface area contributed by atoms with Gasteiger partial charge in [0, 0.05) is 36.6 Å². The van der Waals surface area contributed by atoms with Gasteiger partial charge >= 0.3 is 0 Å². The van der Waals surface area contributed by atoms with Crippen molar-refractivity contribution in [3.63, 3.8) is 0 Å². The van der Waals surface area contributed by atoms with E-state index in [-0.39, 0.29) is 24.0 Å². The fourth-order valence-electron chi connectivity index (χ4n) is 2.63. The summed E-state index contributed by atoms with van der Waals surface area (Å²) in [6.45, 7) is 18.6. The Morgan fingerprint density at radius 2 is 1.79 bits per heavy atom. The highest BCUT2D eigenvalue weighted by molar-refractivity contribution is 14.0. The number of nitrogens with one attached hydrogen (secondary N) is 2. The molecule has 0 spiro atoms. The minimum absolute atomic E-state index is 0. The Kier molecular flexibility index (Phi) is 11.8. The van der Waals surface area contributed by atoms with E-state index in [0.29, 0.717) is 18.6 Å². The Morgan fingerprint density at radius 3 is 2.25 bits per heavy atom. The number of hydrogen-bond acceptors (Lipinski definition) is 4. The lowest BCUT2D eigenvalue weighted by atomic mass is 10.2. The number of rotatable bonds is 8. The lowest BCUT2D eigenvalue weighted by molar-refractivity contribution is 0.178. The Labute approximate surface area is 168 Å². The summed E-state index contributed by atoms with van der Waals surface area (Å²) in [6, 6.07) is 1.11. The molecule has 5 nitrogen and oxygen atoms in total. The van der Waals surface area contributed by atoms with Crippen LogP contribution in [0.1, 0.15) is 50.2 Å². The number of nitrogens with zero attached hydrogens (tertiary/aromatic N) is 3. The van der Waals surface area contributed by atoms with E-state index in [1.165, 1.54) is 4.88 Å². The predicted octanol–water partition coefficient (Wildman–Crippen LogP) is 3.55. The van der Waals surface area contributed by atoms with Crippen LogP contribution in [0.15, 0.2) is 4.99 Å². The van der Waals surface area contributed by atoms with Gasteiger partial charge in [-0.25, -0.2) is 9.98 Å².